The van der Waals surface area contributed by atoms with Crippen molar-refractivity contribution in [3.63, 3.8) is 0 Å². The van der Waals surface area contributed by atoms with Gasteiger partial charge in [-0.15, -0.1) is 0 Å². The number of nitro groups is 1. The first kappa shape index (κ1) is 16.0. The van der Waals surface area contributed by atoms with Crippen LogP contribution in [-0.2, 0) is 4.79 Å². The Labute approximate surface area is 139 Å². The van der Waals surface area contributed by atoms with E-state index in [1.807, 2.05) is 30.3 Å². The number of hydrogen-bond acceptors (Lipinski definition) is 4. The SMILES string of the molecule is O=C([C@@H](Oc1cccc([N+](=O)[O-])c1)c1ccccc1)N1CCCC1. The highest BCUT2D eigenvalue weighted by Crippen LogP contribution is 2.27. The van der Waals surface area contributed by atoms with Crippen LogP contribution in [0.2, 0.25) is 0 Å². The van der Waals surface area contributed by atoms with E-state index in [9.17, 15) is 14.9 Å². The highest BCUT2D eigenvalue weighted by molar-refractivity contribution is 5.83. The summed E-state index contributed by atoms with van der Waals surface area (Å²) in [5.74, 6) is 0.204. The Hall–Kier alpha value is -2.89. The van der Waals surface area contributed by atoms with Crippen molar-refractivity contribution in [1.29, 1.82) is 0 Å². The van der Waals surface area contributed by atoms with Crippen molar-refractivity contribution < 1.29 is 14.5 Å². The summed E-state index contributed by atoms with van der Waals surface area (Å²) in [4.78, 5) is 25.1. The summed E-state index contributed by atoms with van der Waals surface area (Å²) in [6.07, 6.45) is 1.18. The van der Waals surface area contributed by atoms with Gasteiger partial charge in [-0.1, -0.05) is 36.4 Å². The molecule has 1 aliphatic heterocycles. The van der Waals surface area contributed by atoms with Crippen LogP contribution in [0.15, 0.2) is 54.6 Å². The van der Waals surface area contributed by atoms with E-state index in [0.29, 0.717) is 5.75 Å². The van der Waals surface area contributed by atoms with Crippen LogP contribution in [0.3, 0.4) is 0 Å². The summed E-state index contributed by atoms with van der Waals surface area (Å²) in [6.45, 7) is 1.45. The minimum Gasteiger partial charge on any atom is -0.476 e. The summed E-state index contributed by atoms with van der Waals surface area (Å²) in [5, 5.41) is 10.9. The van der Waals surface area contributed by atoms with Crippen LogP contribution in [0.25, 0.3) is 0 Å². The molecule has 2 aromatic rings. The van der Waals surface area contributed by atoms with E-state index in [2.05, 4.69) is 0 Å². The molecule has 1 atom stereocenters. The van der Waals surface area contributed by atoms with E-state index in [0.717, 1.165) is 31.5 Å². The molecule has 24 heavy (non-hydrogen) atoms. The molecular formula is C18H18N2O4. The van der Waals surface area contributed by atoms with E-state index in [1.54, 1.807) is 17.0 Å². The Morgan fingerprint density at radius 2 is 1.79 bits per heavy atom. The van der Waals surface area contributed by atoms with Crippen molar-refractivity contribution in [3.05, 3.63) is 70.3 Å². The van der Waals surface area contributed by atoms with Gasteiger partial charge in [-0.05, 0) is 18.9 Å². The third-order valence-corrected chi connectivity index (χ3v) is 4.03. The van der Waals surface area contributed by atoms with Gasteiger partial charge >= 0.3 is 0 Å². The number of non-ortho nitro benzene ring substituents is 1. The summed E-state index contributed by atoms with van der Waals surface area (Å²) >= 11 is 0. The van der Waals surface area contributed by atoms with Crippen molar-refractivity contribution in [2.75, 3.05) is 13.1 Å². The lowest BCUT2D eigenvalue weighted by Crippen LogP contribution is -2.35. The minimum absolute atomic E-state index is 0.0621. The molecule has 0 unspecified atom stereocenters. The predicted octanol–water partition coefficient (Wildman–Crippen LogP) is 3.34. The molecule has 124 valence electrons. The highest BCUT2D eigenvalue weighted by Gasteiger charge is 2.29. The van der Waals surface area contributed by atoms with Crippen LogP contribution in [0.1, 0.15) is 24.5 Å². The molecule has 1 heterocycles. The summed E-state index contributed by atoms with van der Waals surface area (Å²) in [5.41, 5.74) is 0.675. The van der Waals surface area contributed by atoms with Gasteiger partial charge in [-0.3, -0.25) is 14.9 Å². The normalized spacial score (nSPS) is 15.1. The first-order valence-electron chi connectivity index (χ1n) is 7.90. The molecule has 1 fully saturated rings. The molecule has 3 rings (SSSR count). The number of carbonyl (C=O) groups excluding carboxylic acids is 1. The zero-order chi connectivity index (χ0) is 16.9. The quantitative estimate of drug-likeness (QED) is 0.624. The second-order valence-electron chi connectivity index (χ2n) is 5.70. The second-order valence-corrected chi connectivity index (χ2v) is 5.70. The molecule has 0 bridgehead atoms. The summed E-state index contributed by atoms with van der Waals surface area (Å²) in [7, 11) is 0. The van der Waals surface area contributed by atoms with Crippen LogP contribution >= 0.6 is 0 Å². The average molecular weight is 326 g/mol. The fourth-order valence-corrected chi connectivity index (χ4v) is 2.80. The van der Waals surface area contributed by atoms with Gasteiger partial charge in [0.05, 0.1) is 11.0 Å². The Balaban J connectivity index is 1.88. The van der Waals surface area contributed by atoms with E-state index in [1.165, 1.54) is 12.1 Å². The van der Waals surface area contributed by atoms with Gasteiger partial charge in [-0.2, -0.15) is 0 Å². The maximum absolute atomic E-state index is 12.8. The standard InChI is InChI=1S/C18H18N2O4/c21-18(19-11-4-5-12-19)17(14-7-2-1-3-8-14)24-16-10-6-9-15(13-16)20(22)23/h1-3,6-10,13,17H,4-5,11-12H2/t17-/m0/s1. The minimum atomic E-state index is -0.800. The third kappa shape index (κ3) is 3.53. The van der Waals surface area contributed by atoms with E-state index in [-0.39, 0.29) is 11.6 Å². The Morgan fingerprint density at radius 1 is 1.08 bits per heavy atom. The first-order chi connectivity index (χ1) is 11.6. The average Bonchev–Trinajstić information content (AvgIpc) is 3.15. The topological polar surface area (TPSA) is 72.7 Å². The van der Waals surface area contributed by atoms with Crippen molar-refractivity contribution in [1.82, 2.24) is 4.90 Å². The van der Waals surface area contributed by atoms with Crippen molar-refractivity contribution in [2.45, 2.75) is 18.9 Å². The molecule has 6 heteroatoms. The molecule has 6 nitrogen and oxygen atoms in total. The van der Waals surface area contributed by atoms with Crippen LogP contribution in [0.5, 0.6) is 5.75 Å². The first-order valence-corrected chi connectivity index (χ1v) is 7.90. The van der Waals surface area contributed by atoms with E-state index >= 15 is 0 Å². The van der Waals surface area contributed by atoms with E-state index in [4.69, 9.17) is 4.74 Å². The molecule has 0 radical (unpaired) electrons. The zero-order valence-electron chi connectivity index (χ0n) is 13.1. The second kappa shape index (κ2) is 7.12. The largest absolute Gasteiger partial charge is 0.476 e. The van der Waals surface area contributed by atoms with Gasteiger partial charge < -0.3 is 9.64 Å². The number of carbonyl (C=O) groups is 1. The maximum atomic E-state index is 12.8. The molecule has 0 N–H and O–H groups in total. The highest BCUT2D eigenvalue weighted by atomic mass is 16.6. The molecular weight excluding hydrogens is 308 g/mol. The van der Waals surface area contributed by atoms with Crippen LogP contribution < -0.4 is 4.74 Å². The Kier molecular flexibility index (Phi) is 4.74. The fourth-order valence-electron chi connectivity index (χ4n) is 2.80. The van der Waals surface area contributed by atoms with Gasteiger partial charge in [0.1, 0.15) is 5.75 Å². The molecule has 1 aliphatic rings. The lowest BCUT2D eigenvalue weighted by molar-refractivity contribution is -0.385. The van der Waals surface area contributed by atoms with Crippen LogP contribution in [0, 0.1) is 10.1 Å². The van der Waals surface area contributed by atoms with Gasteiger partial charge in [0.15, 0.2) is 0 Å². The number of hydrogen-bond donors (Lipinski definition) is 0. The van der Waals surface area contributed by atoms with Crippen LogP contribution in [-0.4, -0.2) is 28.8 Å². The number of amides is 1. The number of likely N-dealkylation sites (tertiary alicyclic amines) is 1. The monoisotopic (exact) mass is 326 g/mol. The number of nitro benzene ring substituents is 1. The van der Waals surface area contributed by atoms with E-state index < -0.39 is 11.0 Å². The predicted molar refractivity (Wildman–Crippen MR) is 88.7 cm³/mol. The third-order valence-electron chi connectivity index (χ3n) is 4.03. The van der Waals surface area contributed by atoms with Gasteiger partial charge in [0, 0.05) is 24.7 Å². The van der Waals surface area contributed by atoms with Crippen LogP contribution in [0.4, 0.5) is 5.69 Å². The molecule has 2 aromatic carbocycles. The van der Waals surface area contributed by atoms with Gasteiger partial charge in [0.25, 0.3) is 11.6 Å². The fraction of sp³-hybridized carbons (Fsp3) is 0.278. The van der Waals surface area contributed by atoms with Gasteiger partial charge in [-0.25, -0.2) is 0 Å². The molecule has 0 spiro atoms. The zero-order valence-corrected chi connectivity index (χ0v) is 13.1. The Morgan fingerprint density at radius 3 is 2.46 bits per heavy atom. The van der Waals surface area contributed by atoms with Crippen molar-refractivity contribution in [2.24, 2.45) is 0 Å². The molecule has 1 saturated heterocycles. The lowest BCUT2D eigenvalue weighted by Gasteiger charge is -2.24. The maximum Gasteiger partial charge on any atom is 0.273 e. The molecule has 0 saturated carbocycles. The molecule has 0 aliphatic carbocycles. The molecule has 1 amide bonds. The van der Waals surface area contributed by atoms with Gasteiger partial charge in [0.2, 0.25) is 6.10 Å². The Bertz CT molecular complexity index is 727. The van der Waals surface area contributed by atoms with Crippen molar-refractivity contribution >= 4 is 11.6 Å². The van der Waals surface area contributed by atoms with Crippen molar-refractivity contribution in [3.8, 4) is 5.75 Å². The number of rotatable bonds is 5. The smallest absolute Gasteiger partial charge is 0.273 e. The summed E-state index contributed by atoms with van der Waals surface area (Å²) in [6, 6.07) is 15.1. The molecule has 0 aromatic heterocycles. The number of ether oxygens (including phenoxy) is 1. The number of benzene rings is 2. The number of nitrogens with zero attached hydrogens (tertiary/aromatic N) is 2. The summed E-state index contributed by atoms with van der Waals surface area (Å²) < 4.78 is 5.87. The lowest BCUT2D eigenvalue weighted by atomic mass is 10.1.